The summed E-state index contributed by atoms with van der Waals surface area (Å²) in [5.74, 6) is 0. The van der Waals surface area contributed by atoms with E-state index in [1.54, 1.807) is 0 Å². The molecular formula is C14H25NO2. The van der Waals surface area contributed by atoms with E-state index in [0.29, 0.717) is 10.8 Å². The maximum absolute atomic E-state index is 6.25. The van der Waals surface area contributed by atoms with Crippen molar-refractivity contribution in [1.82, 2.24) is 5.32 Å². The Hall–Kier alpha value is -0.120. The van der Waals surface area contributed by atoms with Crippen LogP contribution in [0.15, 0.2) is 0 Å². The molecule has 3 fully saturated rings. The molecule has 0 amide bonds. The first kappa shape index (κ1) is 11.9. The highest BCUT2D eigenvalue weighted by molar-refractivity contribution is 4.97. The van der Waals surface area contributed by atoms with Gasteiger partial charge in [-0.3, -0.25) is 5.32 Å². The van der Waals surface area contributed by atoms with Crippen molar-refractivity contribution >= 4 is 0 Å². The Morgan fingerprint density at radius 2 is 1.76 bits per heavy atom. The fourth-order valence-electron chi connectivity index (χ4n) is 3.28. The van der Waals surface area contributed by atoms with Crippen LogP contribution >= 0.6 is 0 Å². The standard InChI is InChI=1S/C14H25NO2/c1-12(2)4-3-5-14(7-6-12)15-8-13(11-17-14)9-16-10-13/h15H,3-11H2,1-2H3. The Kier molecular flexibility index (Phi) is 2.77. The summed E-state index contributed by atoms with van der Waals surface area (Å²) in [6.07, 6.45) is 6.21. The van der Waals surface area contributed by atoms with Crippen molar-refractivity contribution in [2.45, 2.75) is 51.7 Å². The summed E-state index contributed by atoms with van der Waals surface area (Å²) >= 11 is 0. The lowest BCUT2D eigenvalue weighted by molar-refractivity contribution is -0.225. The van der Waals surface area contributed by atoms with Crippen molar-refractivity contribution < 1.29 is 9.47 Å². The number of ether oxygens (including phenoxy) is 2. The Balaban J connectivity index is 1.63. The van der Waals surface area contributed by atoms with Gasteiger partial charge in [0.05, 0.1) is 25.2 Å². The molecule has 17 heavy (non-hydrogen) atoms. The molecule has 1 saturated carbocycles. The van der Waals surface area contributed by atoms with Crippen molar-refractivity contribution in [3.8, 4) is 0 Å². The minimum Gasteiger partial charge on any atom is -0.380 e. The molecule has 98 valence electrons. The van der Waals surface area contributed by atoms with Gasteiger partial charge in [-0.1, -0.05) is 13.8 Å². The average Bonchev–Trinajstić information content (AvgIpc) is 2.39. The molecule has 1 aliphatic carbocycles. The molecule has 1 unspecified atom stereocenters. The maximum atomic E-state index is 6.25. The van der Waals surface area contributed by atoms with Crippen LogP contribution in [-0.2, 0) is 9.47 Å². The Morgan fingerprint density at radius 3 is 2.35 bits per heavy atom. The minimum absolute atomic E-state index is 0.0192. The van der Waals surface area contributed by atoms with Crippen molar-refractivity contribution in [2.24, 2.45) is 10.8 Å². The van der Waals surface area contributed by atoms with Crippen molar-refractivity contribution in [3.63, 3.8) is 0 Å². The SMILES string of the molecule is CC1(C)CCCC2(CC1)NCC1(COC1)CO2. The first-order valence-corrected chi connectivity index (χ1v) is 7.00. The second-order valence-electron chi connectivity index (χ2n) is 7.15. The van der Waals surface area contributed by atoms with Crippen LogP contribution in [0.4, 0.5) is 0 Å². The topological polar surface area (TPSA) is 30.5 Å². The lowest BCUT2D eigenvalue weighted by Crippen LogP contribution is -2.64. The highest BCUT2D eigenvalue weighted by Gasteiger charge is 2.48. The Bertz CT molecular complexity index is 287. The number of nitrogens with one attached hydrogen (secondary N) is 1. The zero-order chi connectivity index (χ0) is 12.0. The van der Waals surface area contributed by atoms with Crippen LogP contribution in [0.3, 0.4) is 0 Å². The first-order chi connectivity index (χ1) is 8.04. The fourth-order valence-corrected chi connectivity index (χ4v) is 3.28. The normalized spacial score (nSPS) is 39.9. The van der Waals surface area contributed by atoms with E-state index in [1.165, 1.54) is 25.7 Å². The van der Waals surface area contributed by atoms with Crippen LogP contribution in [0.1, 0.15) is 46.0 Å². The molecule has 3 heteroatoms. The number of rotatable bonds is 0. The molecule has 2 aliphatic heterocycles. The lowest BCUT2D eigenvalue weighted by Gasteiger charge is -2.51. The number of hydrogen-bond acceptors (Lipinski definition) is 3. The van der Waals surface area contributed by atoms with Gasteiger partial charge in [-0.2, -0.15) is 0 Å². The second kappa shape index (κ2) is 3.94. The smallest absolute Gasteiger partial charge is 0.119 e. The molecule has 3 nitrogen and oxygen atoms in total. The molecule has 1 atom stereocenters. The van der Waals surface area contributed by atoms with Gasteiger partial charge in [0.25, 0.3) is 0 Å². The minimum atomic E-state index is -0.0192. The van der Waals surface area contributed by atoms with Gasteiger partial charge in [-0.15, -0.1) is 0 Å². The third kappa shape index (κ3) is 2.25. The summed E-state index contributed by atoms with van der Waals surface area (Å²) in [6, 6.07) is 0. The summed E-state index contributed by atoms with van der Waals surface area (Å²) in [7, 11) is 0. The lowest BCUT2D eigenvalue weighted by atomic mass is 9.83. The average molecular weight is 239 g/mol. The molecule has 0 bridgehead atoms. The molecule has 2 heterocycles. The van der Waals surface area contributed by atoms with Crippen LogP contribution in [0.5, 0.6) is 0 Å². The predicted octanol–water partition coefficient (Wildman–Crippen LogP) is 2.31. The predicted molar refractivity (Wildman–Crippen MR) is 66.8 cm³/mol. The summed E-state index contributed by atoms with van der Waals surface area (Å²) < 4.78 is 11.6. The van der Waals surface area contributed by atoms with Crippen LogP contribution in [0.2, 0.25) is 0 Å². The van der Waals surface area contributed by atoms with E-state index in [-0.39, 0.29) is 5.72 Å². The van der Waals surface area contributed by atoms with Gasteiger partial charge in [-0.05, 0) is 37.5 Å². The molecule has 2 spiro atoms. The fraction of sp³-hybridized carbons (Fsp3) is 1.00. The monoisotopic (exact) mass is 239 g/mol. The van der Waals surface area contributed by atoms with Crippen LogP contribution in [0, 0.1) is 10.8 Å². The van der Waals surface area contributed by atoms with Gasteiger partial charge in [0.1, 0.15) is 5.72 Å². The molecule has 0 radical (unpaired) electrons. The molecular weight excluding hydrogens is 214 g/mol. The number of hydrogen-bond donors (Lipinski definition) is 1. The zero-order valence-corrected chi connectivity index (χ0v) is 11.2. The second-order valence-corrected chi connectivity index (χ2v) is 7.15. The van der Waals surface area contributed by atoms with E-state index < -0.39 is 0 Å². The Labute approximate surface area is 104 Å². The van der Waals surface area contributed by atoms with Crippen LogP contribution in [0.25, 0.3) is 0 Å². The molecule has 1 N–H and O–H groups in total. The van der Waals surface area contributed by atoms with Gasteiger partial charge >= 0.3 is 0 Å². The summed E-state index contributed by atoms with van der Waals surface area (Å²) in [6.45, 7) is 8.49. The van der Waals surface area contributed by atoms with Crippen LogP contribution < -0.4 is 5.32 Å². The Morgan fingerprint density at radius 1 is 0.941 bits per heavy atom. The summed E-state index contributed by atoms with van der Waals surface area (Å²) in [5.41, 5.74) is 0.769. The molecule has 3 aliphatic rings. The summed E-state index contributed by atoms with van der Waals surface area (Å²) in [4.78, 5) is 0. The largest absolute Gasteiger partial charge is 0.380 e. The molecule has 3 rings (SSSR count). The van der Waals surface area contributed by atoms with Crippen molar-refractivity contribution in [2.75, 3.05) is 26.4 Å². The molecule has 2 saturated heterocycles. The van der Waals surface area contributed by atoms with Crippen molar-refractivity contribution in [1.29, 1.82) is 0 Å². The zero-order valence-electron chi connectivity index (χ0n) is 11.2. The van der Waals surface area contributed by atoms with Gasteiger partial charge < -0.3 is 9.47 Å². The van der Waals surface area contributed by atoms with E-state index in [1.807, 2.05) is 0 Å². The van der Waals surface area contributed by atoms with Gasteiger partial charge in [0.15, 0.2) is 0 Å². The first-order valence-electron chi connectivity index (χ1n) is 7.00. The van der Waals surface area contributed by atoms with Crippen molar-refractivity contribution in [3.05, 3.63) is 0 Å². The van der Waals surface area contributed by atoms with E-state index in [9.17, 15) is 0 Å². The van der Waals surface area contributed by atoms with E-state index in [4.69, 9.17) is 9.47 Å². The molecule has 0 aromatic heterocycles. The third-order valence-electron chi connectivity index (χ3n) is 4.90. The highest BCUT2D eigenvalue weighted by Crippen LogP contribution is 2.42. The van der Waals surface area contributed by atoms with Gasteiger partial charge in [0.2, 0.25) is 0 Å². The van der Waals surface area contributed by atoms with Gasteiger partial charge in [0, 0.05) is 6.54 Å². The van der Waals surface area contributed by atoms with E-state index in [2.05, 4.69) is 19.2 Å². The quantitative estimate of drug-likeness (QED) is 0.703. The maximum Gasteiger partial charge on any atom is 0.119 e. The third-order valence-corrected chi connectivity index (χ3v) is 4.90. The summed E-state index contributed by atoms with van der Waals surface area (Å²) in [5, 5.41) is 3.70. The highest BCUT2D eigenvalue weighted by atomic mass is 16.5. The van der Waals surface area contributed by atoms with Gasteiger partial charge in [-0.25, -0.2) is 0 Å². The van der Waals surface area contributed by atoms with E-state index in [0.717, 1.165) is 32.8 Å². The van der Waals surface area contributed by atoms with Crippen LogP contribution in [-0.4, -0.2) is 32.1 Å². The van der Waals surface area contributed by atoms with E-state index >= 15 is 0 Å². The molecule has 0 aromatic carbocycles. The molecule has 0 aromatic rings.